The SMILES string of the molecule is COCCN1CCN(c2cccc(-c3nc(-n4nc(C)cc4C)nc(N)c3C#N)n2)CC1. The minimum Gasteiger partial charge on any atom is -0.383 e. The van der Waals surface area contributed by atoms with Crippen LogP contribution >= 0.6 is 0 Å². The number of nitrogens with zero attached hydrogens (tertiary/aromatic N) is 8. The molecule has 0 aliphatic carbocycles. The van der Waals surface area contributed by atoms with Gasteiger partial charge in [-0.25, -0.2) is 14.6 Å². The van der Waals surface area contributed by atoms with Gasteiger partial charge < -0.3 is 15.4 Å². The smallest absolute Gasteiger partial charge is 0.253 e. The third-order valence-electron chi connectivity index (χ3n) is 5.52. The van der Waals surface area contributed by atoms with Crippen LogP contribution in [0.5, 0.6) is 0 Å². The number of nitriles is 1. The molecule has 10 nitrogen and oxygen atoms in total. The van der Waals surface area contributed by atoms with Crippen LogP contribution in [-0.2, 0) is 4.74 Å². The lowest BCUT2D eigenvalue weighted by atomic mass is 10.1. The molecule has 1 aliphatic heterocycles. The van der Waals surface area contributed by atoms with E-state index in [0.717, 1.165) is 56.5 Å². The van der Waals surface area contributed by atoms with Gasteiger partial charge in [0.1, 0.15) is 29.0 Å². The predicted octanol–water partition coefficient (Wildman–Crippen LogP) is 1.56. The van der Waals surface area contributed by atoms with Crippen molar-refractivity contribution in [2.24, 2.45) is 0 Å². The lowest BCUT2D eigenvalue weighted by Gasteiger charge is -2.35. The van der Waals surface area contributed by atoms with Gasteiger partial charge in [0.25, 0.3) is 5.95 Å². The second-order valence-electron chi connectivity index (χ2n) is 7.79. The molecule has 3 aromatic heterocycles. The number of aromatic nitrogens is 5. The Morgan fingerprint density at radius 1 is 1.12 bits per heavy atom. The Labute approximate surface area is 187 Å². The fraction of sp³-hybridized carbons (Fsp3) is 0.409. The number of hydrogen-bond donors (Lipinski definition) is 1. The van der Waals surface area contributed by atoms with Crippen molar-refractivity contribution in [3.05, 3.63) is 41.2 Å². The van der Waals surface area contributed by atoms with E-state index in [0.29, 0.717) is 17.3 Å². The summed E-state index contributed by atoms with van der Waals surface area (Å²) in [5.41, 5.74) is 9.06. The molecule has 3 aromatic rings. The molecule has 4 rings (SSSR count). The van der Waals surface area contributed by atoms with Crippen LogP contribution < -0.4 is 10.6 Å². The Morgan fingerprint density at radius 2 is 1.91 bits per heavy atom. The highest BCUT2D eigenvalue weighted by Gasteiger charge is 2.21. The number of rotatable bonds is 6. The number of piperazine rings is 1. The van der Waals surface area contributed by atoms with Gasteiger partial charge in [0.05, 0.1) is 18.0 Å². The van der Waals surface area contributed by atoms with Crippen molar-refractivity contribution < 1.29 is 4.74 Å². The van der Waals surface area contributed by atoms with Gasteiger partial charge in [-0.15, -0.1) is 0 Å². The number of pyridine rings is 1. The van der Waals surface area contributed by atoms with Crippen molar-refractivity contribution in [3.8, 4) is 23.4 Å². The minimum absolute atomic E-state index is 0.110. The molecule has 0 unspecified atom stereocenters. The normalized spacial score (nSPS) is 14.5. The third-order valence-corrected chi connectivity index (χ3v) is 5.52. The number of anilines is 2. The molecule has 0 radical (unpaired) electrons. The van der Waals surface area contributed by atoms with Crippen molar-refractivity contribution in [2.75, 3.05) is 57.1 Å². The van der Waals surface area contributed by atoms with Gasteiger partial charge >= 0.3 is 0 Å². The number of nitrogens with two attached hydrogens (primary N) is 1. The highest BCUT2D eigenvalue weighted by molar-refractivity contribution is 5.71. The van der Waals surface area contributed by atoms with E-state index in [9.17, 15) is 5.26 Å². The summed E-state index contributed by atoms with van der Waals surface area (Å²) >= 11 is 0. The second kappa shape index (κ2) is 9.30. The molecule has 0 saturated carbocycles. The quantitative estimate of drug-likeness (QED) is 0.617. The maximum absolute atomic E-state index is 9.71. The van der Waals surface area contributed by atoms with Crippen molar-refractivity contribution in [3.63, 3.8) is 0 Å². The van der Waals surface area contributed by atoms with E-state index >= 15 is 0 Å². The molecular weight excluding hydrogens is 406 g/mol. The topological polar surface area (TPSA) is 122 Å². The zero-order valence-corrected chi connectivity index (χ0v) is 18.6. The Hall–Kier alpha value is -3.55. The molecule has 0 atom stereocenters. The predicted molar refractivity (Wildman–Crippen MR) is 122 cm³/mol. The summed E-state index contributed by atoms with van der Waals surface area (Å²) in [4.78, 5) is 18.4. The molecule has 0 aromatic carbocycles. The van der Waals surface area contributed by atoms with Crippen molar-refractivity contribution in [1.29, 1.82) is 5.26 Å². The molecule has 1 aliphatic rings. The number of nitrogen functional groups attached to an aromatic ring is 1. The van der Waals surface area contributed by atoms with Crippen LogP contribution in [0.25, 0.3) is 17.3 Å². The molecule has 32 heavy (non-hydrogen) atoms. The summed E-state index contributed by atoms with van der Waals surface area (Å²) in [5.74, 6) is 1.28. The van der Waals surface area contributed by atoms with E-state index in [2.05, 4.69) is 30.9 Å². The molecule has 2 N–H and O–H groups in total. The highest BCUT2D eigenvalue weighted by Crippen LogP contribution is 2.26. The molecule has 4 heterocycles. The first-order valence-corrected chi connectivity index (χ1v) is 10.5. The van der Waals surface area contributed by atoms with Gasteiger partial charge in [0, 0.05) is 45.5 Å². The number of hydrogen-bond acceptors (Lipinski definition) is 9. The van der Waals surface area contributed by atoms with Crippen molar-refractivity contribution >= 4 is 11.6 Å². The van der Waals surface area contributed by atoms with Crippen LogP contribution in [-0.4, -0.2) is 76.1 Å². The molecule has 10 heteroatoms. The molecule has 1 saturated heterocycles. The van der Waals surface area contributed by atoms with Gasteiger partial charge in [0.2, 0.25) is 0 Å². The summed E-state index contributed by atoms with van der Waals surface area (Å²) in [6.45, 7) is 9.11. The van der Waals surface area contributed by atoms with Crippen LogP contribution in [0, 0.1) is 25.2 Å². The summed E-state index contributed by atoms with van der Waals surface area (Å²) < 4.78 is 6.80. The number of ether oxygens (including phenoxy) is 1. The molecular formula is C22H27N9O. The number of aryl methyl sites for hydroxylation is 2. The van der Waals surface area contributed by atoms with E-state index < -0.39 is 0 Å². The Balaban J connectivity index is 1.66. The second-order valence-corrected chi connectivity index (χ2v) is 7.79. The fourth-order valence-electron chi connectivity index (χ4n) is 3.84. The van der Waals surface area contributed by atoms with Crippen LogP contribution in [0.15, 0.2) is 24.3 Å². The lowest BCUT2D eigenvalue weighted by molar-refractivity contribution is 0.144. The summed E-state index contributed by atoms with van der Waals surface area (Å²) in [6, 6.07) is 9.81. The van der Waals surface area contributed by atoms with E-state index in [1.54, 1.807) is 11.8 Å². The van der Waals surface area contributed by atoms with Crippen LogP contribution in [0.2, 0.25) is 0 Å². The van der Waals surface area contributed by atoms with E-state index in [1.165, 1.54) is 0 Å². The van der Waals surface area contributed by atoms with Gasteiger partial charge in [0.15, 0.2) is 0 Å². The summed E-state index contributed by atoms with van der Waals surface area (Å²) in [6.07, 6.45) is 0. The monoisotopic (exact) mass is 433 g/mol. The van der Waals surface area contributed by atoms with Gasteiger partial charge in [-0.05, 0) is 32.0 Å². The van der Waals surface area contributed by atoms with E-state index in [-0.39, 0.29) is 11.4 Å². The Morgan fingerprint density at radius 3 is 2.56 bits per heavy atom. The maximum Gasteiger partial charge on any atom is 0.253 e. The third kappa shape index (κ3) is 4.39. The Kier molecular flexibility index (Phi) is 6.30. The van der Waals surface area contributed by atoms with Crippen molar-refractivity contribution in [1.82, 2.24) is 29.6 Å². The average molecular weight is 434 g/mol. The van der Waals surface area contributed by atoms with E-state index in [4.69, 9.17) is 15.5 Å². The van der Waals surface area contributed by atoms with Crippen LogP contribution in [0.4, 0.5) is 11.6 Å². The minimum atomic E-state index is 0.110. The maximum atomic E-state index is 9.71. The molecule has 166 valence electrons. The van der Waals surface area contributed by atoms with Crippen LogP contribution in [0.3, 0.4) is 0 Å². The van der Waals surface area contributed by atoms with Crippen LogP contribution in [0.1, 0.15) is 17.0 Å². The van der Waals surface area contributed by atoms with E-state index in [1.807, 2.05) is 38.1 Å². The molecule has 0 amide bonds. The van der Waals surface area contributed by atoms with Gasteiger partial charge in [-0.2, -0.15) is 15.3 Å². The average Bonchev–Trinajstić information content (AvgIpc) is 3.15. The van der Waals surface area contributed by atoms with Crippen molar-refractivity contribution in [2.45, 2.75) is 13.8 Å². The molecule has 0 bridgehead atoms. The first kappa shape index (κ1) is 21.7. The first-order valence-electron chi connectivity index (χ1n) is 10.5. The zero-order chi connectivity index (χ0) is 22.7. The zero-order valence-electron chi connectivity index (χ0n) is 18.6. The number of methoxy groups -OCH3 is 1. The first-order chi connectivity index (χ1) is 15.5. The standard InChI is InChI=1S/C22H27N9O/c1-15-13-16(2)31(28-15)22-26-20(17(14-23)21(24)27-22)18-5-4-6-19(25-18)30-9-7-29(8-10-30)11-12-32-3/h4-6,13H,7-12H2,1-3H3,(H2,24,26,27). The highest BCUT2D eigenvalue weighted by atomic mass is 16.5. The Bertz CT molecular complexity index is 1140. The molecule has 0 spiro atoms. The lowest BCUT2D eigenvalue weighted by Crippen LogP contribution is -2.47. The fourth-order valence-corrected chi connectivity index (χ4v) is 3.84. The van der Waals surface area contributed by atoms with Gasteiger partial charge in [-0.1, -0.05) is 6.07 Å². The molecule has 1 fully saturated rings. The largest absolute Gasteiger partial charge is 0.383 e. The summed E-state index contributed by atoms with van der Waals surface area (Å²) in [5, 5.41) is 14.2. The van der Waals surface area contributed by atoms with Gasteiger partial charge in [-0.3, -0.25) is 4.90 Å². The summed E-state index contributed by atoms with van der Waals surface area (Å²) in [7, 11) is 1.72.